The molecule has 1 aliphatic heterocycles. The highest BCUT2D eigenvalue weighted by atomic mass is 16.6. The van der Waals surface area contributed by atoms with Crippen molar-refractivity contribution in [3.05, 3.63) is 23.9 Å². The molecule has 7 heteroatoms. The van der Waals surface area contributed by atoms with E-state index in [1.54, 1.807) is 24.0 Å². The number of carbonyl (C=O) groups is 1. The van der Waals surface area contributed by atoms with Crippen LogP contribution < -0.4 is 5.32 Å². The quantitative estimate of drug-likeness (QED) is 0.750. The number of ether oxygens (including phenoxy) is 2. The maximum absolute atomic E-state index is 11.8. The molecule has 0 bridgehead atoms. The van der Waals surface area contributed by atoms with Crippen molar-refractivity contribution in [1.82, 2.24) is 20.3 Å². The van der Waals surface area contributed by atoms with E-state index in [0.29, 0.717) is 25.5 Å². The number of nitrogens with zero attached hydrogens (tertiary/aromatic N) is 3. The summed E-state index contributed by atoms with van der Waals surface area (Å²) >= 11 is 0. The summed E-state index contributed by atoms with van der Waals surface area (Å²) in [5.41, 5.74) is 0. The molecule has 2 rings (SSSR count). The molecule has 1 aromatic rings. The Bertz CT molecular complexity index is 428. The van der Waals surface area contributed by atoms with Crippen LogP contribution in [0.3, 0.4) is 0 Å². The van der Waals surface area contributed by atoms with Crippen molar-refractivity contribution < 1.29 is 14.3 Å². The number of aromatic nitrogens is 3. The van der Waals surface area contributed by atoms with Gasteiger partial charge in [0.1, 0.15) is 19.0 Å². The summed E-state index contributed by atoms with van der Waals surface area (Å²) in [5.74, 6) is 0.586. The Morgan fingerprint density at radius 1 is 1.50 bits per heavy atom. The predicted molar refractivity (Wildman–Crippen MR) is 62.3 cm³/mol. The Morgan fingerprint density at radius 2 is 2.33 bits per heavy atom. The molecule has 0 radical (unpaired) electrons. The van der Waals surface area contributed by atoms with Crippen molar-refractivity contribution in [3.63, 3.8) is 0 Å². The summed E-state index contributed by atoms with van der Waals surface area (Å²) in [6.07, 6.45) is 4.19. The van der Waals surface area contributed by atoms with Gasteiger partial charge in [0.15, 0.2) is 0 Å². The molecule has 0 atom stereocenters. The van der Waals surface area contributed by atoms with E-state index in [0.717, 1.165) is 13.0 Å². The number of nitrogens with one attached hydrogen (secondary N) is 1. The molecule has 98 valence electrons. The minimum absolute atomic E-state index is 0.231. The molecule has 7 nitrogen and oxygen atoms in total. The molecule has 1 aromatic heterocycles. The molecule has 0 unspecified atom stereocenters. The van der Waals surface area contributed by atoms with Gasteiger partial charge in [-0.25, -0.2) is 0 Å². The van der Waals surface area contributed by atoms with Crippen LogP contribution in [0, 0.1) is 0 Å². The minimum atomic E-state index is -0.231. The monoisotopic (exact) mass is 252 g/mol. The Labute approximate surface area is 105 Å². The lowest BCUT2D eigenvalue weighted by Crippen LogP contribution is -2.31. The van der Waals surface area contributed by atoms with Gasteiger partial charge in [-0.2, -0.15) is 0 Å². The summed E-state index contributed by atoms with van der Waals surface area (Å²) in [6.45, 7) is 3.91. The van der Waals surface area contributed by atoms with Crippen LogP contribution in [0.25, 0.3) is 0 Å². The number of amides is 1. The maximum Gasteiger partial charge on any atom is 0.289 e. The standard InChI is InChI=1S/C11H16N4O3/c1-9-10(18-8-7-17-9)11(16)12-3-2-5-15-6-4-13-14-15/h4,6H,2-3,5,7-8H2,1H3,(H,12,16). The maximum atomic E-state index is 11.8. The van der Waals surface area contributed by atoms with Crippen LogP contribution in [0.1, 0.15) is 13.3 Å². The number of hydrogen-bond acceptors (Lipinski definition) is 5. The summed E-state index contributed by atoms with van der Waals surface area (Å²) in [7, 11) is 0. The van der Waals surface area contributed by atoms with E-state index < -0.39 is 0 Å². The smallest absolute Gasteiger partial charge is 0.289 e. The van der Waals surface area contributed by atoms with Crippen LogP contribution in [0.15, 0.2) is 23.9 Å². The summed E-state index contributed by atoms with van der Waals surface area (Å²) in [5, 5.41) is 10.3. The molecule has 0 spiro atoms. The Morgan fingerprint density at radius 3 is 3.06 bits per heavy atom. The molecule has 0 saturated heterocycles. The third-order valence-corrected chi connectivity index (χ3v) is 2.50. The van der Waals surface area contributed by atoms with Gasteiger partial charge in [-0.1, -0.05) is 5.21 Å². The Balaban J connectivity index is 1.71. The van der Waals surface area contributed by atoms with Gasteiger partial charge in [0, 0.05) is 19.3 Å². The predicted octanol–water partition coefficient (Wildman–Crippen LogP) is 0.0627. The molecule has 1 amide bonds. The van der Waals surface area contributed by atoms with Crippen LogP contribution in [0.4, 0.5) is 0 Å². The molecule has 18 heavy (non-hydrogen) atoms. The lowest BCUT2D eigenvalue weighted by atomic mass is 10.3. The lowest BCUT2D eigenvalue weighted by Gasteiger charge is -2.19. The number of aryl methyl sites for hydroxylation is 1. The van der Waals surface area contributed by atoms with Crippen LogP contribution in [-0.4, -0.2) is 40.7 Å². The van der Waals surface area contributed by atoms with E-state index >= 15 is 0 Å². The second-order valence-electron chi connectivity index (χ2n) is 3.86. The summed E-state index contributed by atoms with van der Waals surface area (Å²) < 4.78 is 12.2. The van der Waals surface area contributed by atoms with Crippen molar-refractivity contribution >= 4 is 5.91 Å². The number of rotatable bonds is 5. The fraction of sp³-hybridized carbons (Fsp3) is 0.545. The van der Waals surface area contributed by atoms with Crippen LogP contribution in [0.5, 0.6) is 0 Å². The zero-order valence-electron chi connectivity index (χ0n) is 10.3. The van der Waals surface area contributed by atoms with E-state index in [1.807, 2.05) is 0 Å². The highest BCUT2D eigenvalue weighted by Gasteiger charge is 2.18. The van der Waals surface area contributed by atoms with Crippen LogP contribution in [0.2, 0.25) is 0 Å². The van der Waals surface area contributed by atoms with Gasteiger partial charge in [-0.3, -0.25) is 9.48 Å². The highest BCUT2D eigenvalue weighted by Crippen LogP contribution is 2.12. The Kier molecular flexibility index (Phi) is 4.16. The van der Waals surface area contributed by atoms with Crippen molar-refractivity contribution in [3.8, 4) is 0 Å². The van der Waals surface area contributed by atoms with Crippen molar-refractivity contribution in [2.45, 2.75) is 19.9 Å². The van der Waals surface area contributed by atoms with Gasteiger partial charge in [-0.15, -0.1) is 5.10 Å². The van der Waals surface area contributed by atoms with Crippen LogP contribution in [-0.2, 0) is 20.8 Å². The van der Waals surface area contributed by atoms with Gasteiger partial charge >= 0.3 is 0 Å². The van der Waals surface area contributed by atoms with E-state index in [4.69, 9.17) is 9.47 Å². The van der Waals surface area contributed by atoms with Gasteiger partial charge < -0.3 is 14.8 Å². The first-order valence-electron chi connectivity index (χ1n) is 5.86. The molecular formula is C11H16N4O3. The van der Waals surface area contributed by atoms with Gasteiger partial charge in [0.2, 0.25) is 5.76 Å². The van der Waals surface area contributed by atoms with E-state index in [1.165, 1.54) is 0 Å². The zero-order valence-corrected chi connectivity index (χ0v) is 10.3. The van der Waals surface area contributed by atoms with Crippen LogP contribution >= 0.6 is 0 Å². The summed E-state index contributed by atoms with van der Waals surface area (Å²) in [4.78, 5) is 11.8. The fourth-order valence-electron chi connectivity index (χ4n) is 1.61. The second-order valence-corrected chi connectivity index (χ2v) is 3.86. The molecule has 0 saturated carbocycles. The fourth-order valence-corrected chi connectivity index (χ4v) is 1.61. The average Bonchev–Trinajstić information content (AvgIpc) is 2.88. The van der Waals surface area contributed by atoms with Crippen molar-refractivity contribution in [2.75, 3.05) is 19.8 Å². The molecule has 1 aliphatic rings. The van der Waals surface area contributed by atoms with Gasteiger partial charge in [0.25, 0.3) is 5.91 Å². The third kappa shape index (κ3) is 3.22. The zero-order chi connectivity index (χ0) is 12.8. The lowest BCUT2D eigenvalue weighted by molar-refractivity contribution is -0.122. The molecule has 0 fully saturated rings. The average molecular weight is 252 g/mol. The molecular weight excluding hydrogens is 236 g/mol. The van der Waals surface area contributed by atoms with E-state index in [9.17, 15) is 4.79 Å². The van der Waals surface area contributed by atoms with E-state index in [-0.39, 0.29) is 11.7 Å². The first-order valence-corrected chi connectivity index (χ1v) is 5.86. The SMILES string of the molecule is CC1=C(C(=O)NCCCn2ccnn2)OCCO1. The largest absolute Gasteiger partial charge is 0.491 e. The number of carbonyl (C=O) groups excluding carboxylic acids is 1. The molecule has 0 aliphatic carbocycles. The first-order chi connectivity index (χ1) is 8.77. The molecule has 1 N–H and O–H groups in total. The Hall–Kier alpha value is -2.05. The normalized spacial score (nSPS) is 14.9. The molecule has 0 aromatic carbocycles. The molecule has 2 heterocycles. The second kappa shape index (κ2) is 6.04. The highest BCUT2D eigenvalue weighted by molar-refractivity contribution is 5.91. The van der Waals surface area contributed by atoms with Gasteiger partial charge in [0.05, 0.1) is 6.20 Å². The topological polar surface area (TPSA) is 78.3 Å². The van der Waals surface area contributed by atoms with E-state index in [2.05, 4.69) is 15.6 Å². The van der Waals surface area contributed by atoms with Crippen molar-refractivity contribution in [2.24, 2.45) is 0 Å². The third-order valence-electron chi connectivity index (χ3n) is 2.50. The summed E-state index contributed by atoms with van der Waals surface area (Å²) in [6, 6.07) is 0. The number of hydrogen-bond donors (Lipinski definition) is 1. The minimum Gasteiger partial charge on any atom is -0.491 e. The first kappa shape index (κ1) is 12.4. The van der Waals surface area contributed by atoms with Gasteiger partial charge in [-0.05, 0) is 13.3 Å². The number of allylic oxidation sites excluding steroid dienone is 1. The van der Waals surface area contributed by atoms with Crippen molar-refractivity contribution in [1.29, 1.82) is 0 Å².